The number of hydrogen-bond acceptors (Lipinski definition) is 3. The van der Waals surface area contributed by atoms with Crippen LogP contribution in [0.5, 0.6) is 0 Å². The summed E-state index contributed by atoms with van der Waals surface area (Å²) in [6, 6.07) is 5.76. The molecule has 0 aliphatic rings. The van der Waals surface area contributed by atoms with E-state index in [1.165, 1.54) is 15.9 Å². The summed E-state index contributed by atoms with van der Waals surface area (Å²) in [5.74, 6) is 0.549. The van der Waals surface area contributed by atoms with Gasteiger partial charge in [-0.25, -0.2) is 9.37 Å². The predicted molar refractivity (Wildman–Crippen MR) is 99.2 cm³/mol. The summed E-state index contributed by atoms with van der Waals surface area (Å²) in [5.41, 5.74) is 2.64. The number of fused-ring (bicyclic) bond motifs is 1. The number of rotatable bonds is 4. The van der Waals surface area contributed by atoms with Crippen molar-refractivity contribution in [1.82, 2.24) is 9.55 Å². The van der Waals surface area contributed by atoms with E-state index in [-0.39, 0.29) is 12.1 Å². The molecule has 6 heteroatoms. The summed E-state index contributed by atoms with van der Waals surface area (Å²) in [6.07, 6.45) is 0.805. The molecular weight excluding hydrogens is 347 g/mol. The van der Waals surface area contributed by atoms with Gasteiger partial charge in [-0.3, -0.25) is 9.36 Å². The van der Waals surface area contributed by atoms with Gasteiger partial charge in [0.05, 0.1) is 11.9 Å². The van der Waals surface area contributed by atoms with Crippen LogP contribution >= 0.6 is 22.9 Å². The molecule has 3 aromatic rings. The van der Waals surface area contributed by atoms with Gasteiger partial charge in [0.2, 0.25) is 0 Å². The minimum Gasteiger partial charge on any atom is -0.294 e. The fourth-order valence-corrected chi connectivity index (χ4v) is 4.22. The molecule has 0 aliphatic carbocycles. The zero-order valence-corrected chi connectivity index (χ0v) is 15.4. The molecule has 0 aliphatic heterocycles. The smallest absolute Gasteiger partial charge is 0.262 e. The van der Waals surface area contributed by atoms with Crippen molar-refractivity contribution in [3.63, 3.8) is 0 Å². The fraction of sp³-hybridized carbons (Fsp3) is 0.333. The van der Waals surface area contributed by atoms with Gasteiger partial charge in [0.1, 0.15) is 17.3 Å². The molecule has 0 atom stereocenters. The van der Waals surface area contributed by atoms with Crippen LogP contribution in [0, 0.1) is 13.8 Å². The first-order valence-corrected chi connectivity index (χ1v) is 9.02. The van der Waals surface area contributed by atoms with E-state index in [0.717, 1.165) is 28.0 Å². The molecule has 24 heavy (non-hydrogen) atoms. The summed E-state index contributed by atoms with van der Waals surface area (Å²) >= 11 is 7.67. The lowest BCUT2D eigenvalue weighted by atomic mass is 10.0. The first-order valence-electron chi connectivity index (χ1n) is 7.83. The van der Waals surface area contributed by atoms with Gasteiger partial charge >= 0.3 is 0 Å². The Hall–Kier alpha value is -1.72. The highest BCUT2D eigenvalue weighted by atomic mass is 35.5. The Morgan fingerprint density at radius 3 is 2.71 bits per heavy atom. The van der Waals surface area contributed by atoms with Crippen molar-refractivity contribution in [2.24, 2.45) is 0 Å². The summed E-state index contributed by atoms with van der Waals surface area (Å²) in [4.78, 5) is 19.3. The third kappa shape index (κ3) is 2.76. The van der Waals surface area contributed by atoms with E-state index in [2.05, 4.69) is 11.9 Å². The Morgan fingerprint density at radius 2 is 2.08 bits per heavy atom. The first-order chi connectivity index (χ1) is 11.5. The quantitative estimate of drug-likeness (QED) is 0.658. The van der Waals surface area contributed by atoms with Gasteiger partial charge in [-0.2, -0.15) is 0 Å². The van der Waals surface area contributed by atoms with E-state index < -0.39 is 6.67 Å². The molecule has 0 saturated carbocycles. The summed E-state index contributed by atoms with van der Waals surface area (Å²) in [7, 11) is 0. The maximum Gasteiger partial charge on any atom is 0.262 e. The van der Waals surface area contributed by atoms with E-state index >= 15 is 0 Å². The third-order valence-electron chi connectivity index (χ3n) is 4.15. The molecule has 0 fully saturated rings. The van der Waals surface area contributed by atoms with Crippen molar-refractivity contribution in [3.05, 3.63) is 49.8 Å². The average Bonchev–Trinajstić information content (AvgIpc) is 2.92. The highest BCUT2D eigenvalue weighted by molar-refractivity contribution is 7.19. The first kappa shape index (κ1) is 17.1. The Kier molecular flexibility index (Phi) is 4.74. The Bertz CT molecular complexity index is 977. The lowest BCUT2D eigenvalue weighted by molar-refractivity contribution is 0.435. The van der Waals surface area contributed by atoms with Gasteiger partial charge in [0, 0.05) is 15.5 Å². The van der Waals surface area contributed by atoms with Crippen LogP contribution in [0.1, 0.15) is 23.2 Å². The second-order valence-electron chi connectivity index (χ2n) is 5.70. The van der Waals surface area contributed by atoms with Crippen LogP contribution in [-0.4, -0.2) is 16.2 Å². The molecule has 0 amide bonds. The van der Waals surface area contributed by atoms with Crippen LogP contribution in [0.15, 0.2) is 23.0 Å². The van der Waals surface area contributed by atoms with E-state index in [9.17, 15) is 9.18 Å². The predicted octanol–water partition coefficient (Wildman–Crippen LogP) is 4.93. The summed E-state index contributed by atoms with van der Waals surface area (Å²) < 4.78 is 14.2. The third-order valence-corrected chi connectivity index (χ3v) is 5.80. The number of benzene rings is 1. The van der Waals surface area contributed by atoms with Crippen LogP contribution < -0.4 is 5.56 Å². The molecule has 2 heterocycles. The second-order valence-corrected chi connectivity index (χ2v) is 7.19. The van der Waals surface area contributed by atoms with Gasteiger partial charge in [-0.1, -0.05) is 24.6 Å². The minimum absolute atomic E-state index is 0.0317. The molecule has 0 N–H and O–H groups in total. The van der Waals surface area contributed by atoms with Crippen LogP contribution in [-0.2, 0) is 13.0 Å². The molecule has 0 spiro atoms. The van der Waals surface area contributed by atoms with Crippen LogP contribution in [0.25, 0.3) is 21.3 Å². The number of nitrogens with zero attached hydrogens (tertiary/aromatic N) is 2. The number of aryl methyl sites for hydroxylation is 3. The van der Waals surface area contributed by atoms with Gasteiger partial charge in [0.15, 0.2) is 0 Å². The van der Waals surface area contributed by atoms with Crippen molar-refractivity contribution in [2.75, 3.05) is 6.67 Å². The highest BCUT2D eigenvalue weighted by Crippen LogP contribution is 2.37. The number of alkyl halides is 1. The van der Waals surface area contributed by atoms with E-state index in [1.54, 1.807) is 6.92 Å². The normalized spacial score (nSPS) is 11.4. The molecule has 0 radical (unpaired) electrons. The number of halogens is 2. The maximum absolute atomic E-state index is 13.0. The molecule has 1 aromatic carbocycles. The molecule has 2 aromatic heterocycles. The van der Waals surface area contributed by atoms with E-state index in [4.69, 9.17) is 11.6 Å². The SMILES string of the molecule is CCc1sc2nc(C)n(CCF)c(=O)c2c1-c1ccc(Cl)c(C)c1. The van der Waals surface area contributed by atoms with Crippen molar-refractivity contribution in [3.8, 4) is 11.1 Å². The van der Waals surface area contributed by atoms with Gasteiger partial charge in [-0.05, 0) is 43.5 Å². The lowest BCUT2D eigenvalue weighted by Gasteiger charge is -2.09. The molecule has 3 rings (SSSR count). The lowest BCUT2D eigenvalue weighted by Crippen LogP contribution is -2.24. The summed E-state index contributed by atoms with van der Waals surface area (Å²) in [6.45, 7) is 5.19. The zero-order valence-electron chi connectivity index (χ0n) is 13.8. The molecule has 0 bridgehead atoms. The monoisotopic (exact) mass is 364 g/mol. The number of aromatic nitrogens is 2. The van der Waals surface area contributed by atoms with Crippen LogP contribution in [0.2, 0.25) is 5.02 Å². The molecule has 0 saturated heterocycles. The van der Waals surface area contributed by atoms with Crippen molar-refractivity contribution in [1.29, 1.82) is 0 Å². The van der Waals surface area contributed by atoms with Crippen molar-refractivity contribution < 1.29 is 4.39 Å². The zero-order chi connectivity index (χ0) is 17.4. The summed E-state index contributed by atoms with van der Waals surface area (Å²) in [5, 5.41) is 1.28. The Labute approximate surface area is 148 Å². The Balaban J connectivity index is 2.39. The van der Waals surface area contributed by atoms with Gasteiger partial charge < -0.3 is 0 Å². The van der Waals surface area contributed by atoms with Gasteiger partial charge in [-0.15, -0.1) is 11.3 Å². The Morgan fingerprint density at radius 1 is 1.33 bits per heavy atom. The maximum atomic E-state index is 13.0. The minimum atomic E-state index is -0.589. The van der Waals surface area contributed by atoms with Crippen LogP contribution in [0.3, 0.4) is 0 Å². The molecule has 3 nitrogen and oxygen atoms in total. The number of hydrogen-bond donors (Lipinski definition) is 0. The fourth-order valence-electron chi connectivity index (χ4n) is 2.93. The number of thiophene rings is 1. The molecule has 126 valence electrons. The van der Waals surface area contributed by atoms with E-state index in [0.29, 0.717) is 21.1 Å². The average molecular weight is 365 g/mol. The van der Waals surface area contributed by atoms with E-state index in [1.807, 2.05) is 25.1 Å². The standard InChI is InChI=1S/C18H18ClFN2OS/c1-4-14-15(12-5-6-13(19)10(2)9-12)16-17(24-14)21-11(3)22(8-7-20)18(16)23/h5-6,9H,4,7-8H2,1-3H3. The highest BCUT2D eigenvalue weighted by Gasteiger charge is 2.20. The van der Waals surface area contributed by atoms with Crippen molar-refractivity contribution in [2.45, 2.75) is 33.7 Å². The second kappa shape index (κ2) is 6.65. The van der Waals surface area contributed by atoms with Gasteiger partial charge in [0.25, 0.3) is 5.56 Å². The molecular formula is C18H18ClFN2OS. The van der Waals surface area contributed by atoms with Crippen molar-refractivity contribution >= 4 is 33.2 Å². The van der Waals surface area contributed by atoms with Crippen LogP contribution in [0.4, 0.5) is 4.39 Å². The molecule has 0 unspecified atom stereocenters. The topological polar surface area (TPSA) is 34.9 Å². The largest absolute Gasteiger partial charge is 0.294 e.